The Labute approximate surface area is 127 Å². The van der Waals surface area contributed by atoms with Crippen LogP contribution in [0.4, 0.5) is 8.78 Å². The maximum absolute atomic E-state index is 13.7. The molecule has 0 saturated heterocycles. The van der Waals surface area contributed by atoms with Crippen LogP contribution in [0.15, 0.2) is 12.1 Å². The Hall–Kier alpha value is -1.20. The lowest BCUT2D eigenvalue weighted by molar-refractivity contribution is 0.0716. The van der Waals surface area contributed by atoms with Gasteiger partial charge in [0.15, 0.2) is 0 Å². The first-order valence-corrected chi connectivity index (χ1v) is 7.39. The molecule has 2 N–H and O–H groups in total. The van der Waals surface area contributed by atoms with Gasteiger partial charge in [0.2, 0.25) is 0 Å². The quantitative estimate of drug-likeness (QED) is 0.837. The minimum Gasteiger partial charge on any atom is -0.396 e. The number of halogens is 3. The molecule has 1 aromatic rings. The van der Waals surface area contributed by atoms with E-state index in [4.69, 9.17) is 11.6 Å². The molecule has 1 aliphatic carbocycles. The molecule has 0 atom stereocenters. The number of amides is 1. The summed E-state index contributed by atoms with van der Waals surface area (Å²) in [4.78, 5) is 12.0. The van der Waals surface area contributed by atoms with E-state index in [2.05, 4.69) is 5.32 Å². The van der Waals surface area contributed by atoms with Gasteiger partial charge >= 0.3 is 0 Å². The Balaban J connectivity index is 2.06. The third kappa shape index (κ3) is 3.71. The number of aliphatic hydroxyl groups excluding tert-OH is 1. The van der Waals surface area contributed by atoms with Gasteiger partial charge in [0, 0.05) is 12.0 Å². The van der Waals surface area contributed by atoms with Gasteiger partial charge < -0.3 is 10.4 Å². The summed E-state index contributed by atoms with van der Waals surface area (Å²) in [5, 5.41) is 11.8. The summed E-state index contributed by atoms with van der Waals surface area (Å²) in [6.07, 6.45) is 4.76. The zero-order chi connectivity index (χ0) is 15.5. The predicted octanol–water partition coefficient (Wildman–Crippen LogP) is 3.29. The summed E-state index contributed by atoms with van der Waals surface area (Å²) in [5.74, 6) is -2.39. The van der Waals surface area contributed by atoms with Crippen molar-refractivity contribution in [2.75, 3.05) is 13.2 Å². The third-order valence-electron chi connectivity index (χ3n) is 4.13. The molecule has 1 aliphatic rings. The van der Waals surface area contributed by atoms with Gasteiger partial charge in [-0.15, -0.1) is 0 Å². The summed E-state index contributed by atoms with van der Waals surface area (Å²) in [5.41, 5.74) is -0.726. The lowest BCUT2D eigenvalue weighted by atomic mass is 9.74. The van der Waals surface area contributed by atoms with Gasteiger partial charge in [0.1, 0.15) is 11.6 Å². The number of hydrogen-bond donors (Lipinski definition) is 2. The molecule has 2 rings (SSSR count). The Bertz CT molecular complexity index is 531. The van der Waals surface area contributed by atoms with E-state index in [0.717, 1.165) is 44.2 Å². The Morgan fingerprint density at radius 3 is 2.52 bits per heavy atom. The molecule has 116 valence electrons. The molecule has 1 aromatic carbocycles. The van der Waals surface area contributed by atoms with E-state index >= 15 is 0 Å². The number of nitrogens with one attached hydrogen (secondary N) is 1. The fourth-order valence-electron chi connectivity index (χ4n) is 2.75. The fourth-order valence-corrected chi connectivity index (χ4v) is 2.90. The molecule has 6 heteroatoms. The summed E-state index contributed by atoms with van der Waals surface area (Å²) >= 11 is 5.45. The number of rotatable bonds is 4. The second-order valence-electron chi connectivity index (χ2n) is 5.65. The van der Waals surface area contributed by atoms with Crippen molar-refractivity contribution in [1.82, 2.24) is 5.32 Å². The van der Waals surface area contributed by atoms with Crippen LogP contribution in [-0.2, 0) is 0 Å². The lowest BCUT2D eigenvalue weighted by Gasteiger charge is -2.35. The molecule has 0 spiro atoms. The highest BCUT2D eigenvalue weighted by Gasteiger charge is 2.32. The van der Waals surface area contributed by atoms with Gasteiger partial charge in [0.25, 0.3) is 5.91 Å². The predicted molar refractivity (Wildman–Crippen MR) is 76.3 cm³/mol. The standard InChI is InChI=1S/C15H18ClF2NO2/c16-11-7-12(17)10(6-13(11)18)14(21)19-8-15(9-20)4-2-1-3-5-15/h6-7,20H,1-5,8-9H2,(H,19,21). The minimum atomic E-state index is -0.861. The maximum atomic E-state index is 13.7. The summed E-state index contributed by atoms with van der Waals surface area (Å²) in [6, 6.07) is 1.58. The molecule has 1 saturated carbocycles. The molecule has 1 fully saturated rings. The summed E-state index contributed by atoms with van der Waals surface area (Å²) in [7, 11) is 0. The number of carbonyl (C=O) groups excluding carboxylic acids is 1. The molecule has 0 aromatic heterocycles. The van der Waals surface area contributed by atoms with Gasteiger partial charge in [0.05, 0.1) is 17.2 Å². The van der Waals surface area contributed by atoms with Gasteiger partial charge in [-0.25, -0.2) is 8.78 Å². The zero-order valence-corrected chi connectivity index (χ0v) is 12.3. The molecular weight excluding hydrogens is 300 g/mol. The first-order valence-electron chi connectivity index (χ1n) is 7.01. The van der Waals surface area contributed by atoms with E-state index in [1.165, 1.54) is 0 Å². The third-order valence-corrected chi connectivity index (χ3v) is 4.42. The number of carbonyl (C=O) groups is 1. The highest BCUT2D eigenvalue weighted by atomic mass is 35.5. The van der Waals surface area contributed by atoms with Crippen molar-refractivity contribution in [2.45, 2.75) is 32.1 Å². The number of aliphatic hydroxyl groups is 1. The largest absolute Gasteiger partial charge is 0.396 e. The lowest BCUT2D eigenvalue weighted by Crippen LogP contribution is -2.41. The SMILES string of the molecule is O=C(NCC1(CO)CCCCC1)c1cc(F)c(Cl)cc1F. The Kier molecular flexibility index (Phi) is 5.17. The smallest absolute Gasteiger partial charge is 0.254 e. The monoisotopic (exact) mass is 317 g/mol. The second kappa shape index (κ2) is 6.71. The first-order chi connectivity index (χ1) is 9.97. The van der Waals surface area contributed by atoms with E-state index in [1.807, 2.05) is 0 Å². The van der Waals surface area contributed by atoms with Crippen molar-refractivity contribution in [2.24, 2.45) is 5.41 Å². The van der Waals surface area contributed by atoms with Crippen molar-refractivity contribution in [3.8, 4) is 0 Å². The van der Waals surface area contributed by atoms with E-state index in [-0.39, 0.29) is 29.2 Å². The topological polar surface area (TPSA) is 49.3 Å². The molecule has 0 bridgehead atoms. The van der Waals surface area contributed by atoms with Crippen LogP contribution in [0, 0.1) is 17.0 Å². The number of hydrogen-bond acceptors (Lipinski definition) is 2. The van der Waals surface area contributed by atoms with Crippen LogP contribution in [0.2, 0.25) is 5.02 Å². The van der Waals surface area contributed by atoms with Crippen LogP contribution >= 0.6 is 11.6 Å². The van der Waals surface area contributed by atoms with Crippen molar-refractivity contribution in [3.05, 3.63) is 34.4 Å². The van der Waals surface area contributed by atoms with Crippen LogP contribution < -0.4 is 5.32 Å². The molecular formula is C15H18ClF2NO2. The van der Waals surface area contributed by atoms with Crippen molar-refractivity contribution in [1.29, 1.82) is 0 Å². The van der Waals surface area contributed by atoms with Crippen LogP contribution in [0.25, 0.3) is 0 Å². The zero-order valence-electron chi connectivity index (χ0n) is 11.6. The van der Waals surface area contributed by atoms with Crippen LogP contribution in [0.5, 0.6) is 0 Å². The molecule has 0 radical (unpaired) electrons. The molecule has 21 heavy (non-hydrogen) atoms. The van der Waals surface area contributed by atoms with Crippen molar-refractivity contribution >= 4 is 17.5 Å². The molecule has 1 amide bonds. The first kappa shape index (κ1) is 16.2. The molecule has 0 unspecified atom stereocenters. The fraction of sp³-hybridized carbons (Fsp3) is 0.533. The Morgan fingerprint density at radius 2 is 1.90 bits per heavy atom. The summed E-state index contributed by atoms with van der Waals surface area (Å²) < 4.78 is 27.0. The van der Waals surface area contributed by atoms with E-state index in [1.54, 1.807) is 0 Å². The van der Waals surface area contributed by atoms with Crippen LogP contribution in [0.3, 0.4) is 0 Å². The van der Waals surface area contributed by atoms with Crippen molar-refractivity contribution < 1.29 is 18.7 Å². The molecule has 0 heterocycles. The number of benzene rings is 1. The van der Waals surface area contributed by atoms with Gasteiger partial charge in [-0.05, 0) is 25.0 Å². The maximum Gasteiger partial charge on any atom is 0.254 e. The average molecular weight is 318 g/mol. The molecule has 3 nitrogen and oxygen atoms in total. The van der Waals surface area contributed by atoms with Crippen LogP contribution in [0.1, 0.15) is 42.5 Å². The normalized spacial score (nSPS) is 17.5. The minimum absolute atomic E-state index is 0.0231. The van der Waals surface area contributed by atoms with Crippen molar-refractivity contribution in [3.63, 3.8) is 0 Å². The summed E-state index contributed by atoms with van der Waals surface area (Å²) in [6.45, 7) is 0.233. The Morgan fingerprint density at radius 1 is 1.24 bits per heavy atom. The van der Waals surface area contributed by atoms with Gasteiger partial charge in [-0.2, -0.15) is 0 Å². The highest BCUT2D eigenvalue weighted by molar-refractivity contribution is 6.30. The highest BCUT2D eigenvalue weighted by Crippen LogP contribution is 2.35. The molecule has 0 aliphatic heterocycles. The van der Waals surface area contributed by atoms with Crippen LogP contribution in [-0.4, -0.2) is 24.2 Å². The van der Waals surface area contributed by atoms with E-state index in [9.17, 15) is 18.7 Å². The van der Waals surface area contributed by atoms with E-state index in [0.29, 0.717) is 0 Å². The second-order valence-corrected chi connectivity index (χ2v) is 6.05. The average Bonchev–Trinajstić information content (AvgIpc) is 2.49. The van der Waals surface area contributed by atoms with Gasteiger partial charge in [-0.3, -0.25) is 4.79 Å². The van der Waals surface area contributed by atoms with Gasteiger partial charge in [-0.1, -0.05) is 30.9 Å². The van der Waals surface area contributed by atoms with E-state index < -0.39 is 17.5 Å².